The van der Waals surface area contributed by atoms with E-state index in [9.17, 15) is 4.79 Å². The molecule has 118 valence electrons. The summed E-state index contributed by atoms with van der Waals surface area (Å²) in [7, 11) is 0. The van der Waals surface area contributed by atoms with Gasteiger partial charge in [0.25, 0.3) is 0 Å². The number of rotatable bonds is 4. The lowest BCUT2D eigenvalue weighted by Crippen LogP contribution is -2.38. The van der Waals surface area contributed by atoms with E-state index in [4.69, 9.17) is 4.74 Å². The minimum absolute atomic E-state index is 0.166. The number of hydrogen-bond donors (Lipinski definition) is 1. The molecule has 1 unspecified atom stereocenters. The molecule has 0 aromatic heterocycles. The first-order valence-electron chi connectivity index (χ1n) is 7.99. The Balaban J connectivity index is 2.33. The SMILES string of the molecule is CC(C)CCNC1CCCN(C(=O)OC(C)(C)C)CC1. The van der Waals surface area contributed by atoms with Crippen molar-refractivity contribution in [2.75, 3.05) is 19.6 Å². The summed E-state index contributed by atoms with van der Waals surface area (Å²) < 4.78 is 5.45. The topological polar surface area (TPSA) is 41.6 Å². The fourth-order valence-electron chi connectivity index (χ4n) is 2.39. The van der Waals surface area contributed by atoms with Gasteiger partial charge in [-0.25, -0.2) is 4.79 Å². The standard InChI is InChI=1S/C16H32N2O2/c1-13(2)8-10-17-14-7-6-11-18(12-9-14)15(19)20-16(3,4)5/h13-14,17H,6-12H2,1-5H3. The number of nitrogens with zero attached hydrogens (tertiary/aromatic N) is 1. The number of ether oxygens (including phenoxy) is 1. The molecule has 1 atom stereocenters. The zero-order chi connectivity index (χ0) is 15.2. The van der Waals surface area contributed by atoms with Gasteiger partial charge in [0, 0.05) is 19.1 Å². The molecule has 1 heterocycles. The van der Waals surface area contributed by atoms with Crippen LogP contribution in [0.15, 0.2) is 0 Å². The van der Waals surface area contributed by atoms with Gasteiger partial charge < -0.3 is 15.0 Å². The van der Waals surface area contributed by atoms with E-state index in [1.54, 1.807) is 0 Å². The van der Waals surface area contributed by atoms with Gasteiger partial charge in [-0.3, -0.25) is 0 Å². The average molecular weight is 284 g/mol. The van der Waals surface area contributed by atoms with Gasteiger partial charge in [0.05, 0.1) is 0 Å². The highest BCUT2D eigenvalue weighted by atomic mass is 16.6. The van der Waals surface area contributed by atoms with Crippen LogP contribution in [0.3, 0.4) is 0 Å². The highest BCUT2D eigenvalue weighted by Crippen LogP contribution is 2.15. The van der Waals surface area contributed by atoms with Crippen LogP contribution < -0.4 is 5.32 Å². The van der Waals surface area contributed by atoms with Crippen LogP contribution in [-0.2, 0) is 4.74 Å². The predicted octanol–water partition coefficient (Wildman–Crippen LogP) is 3.41. The van der Waals surface area contributed by atoms with E-state index < -0.39 is 5.60 Å². The fraction of sp³-hybridized carbons (Fsp3) is 0.938. The maximum absolute atomic E-state index is 12.1. The zero-order valence-electron chi connectivity index (χ0n) is 13.9. The Morgan fingerprint density at radius 2 is 2.00 bits per heavy atom. The maximum atomic E-state index is 12.1. The number of amides is 1. The molecule has 0 aromatic carbocycles. The average Bonchev–Trinajstić information content (AvgIpc) is 2.52. The first kappa shape index (κ1) is 17.3. The van der Waals surface area contributed by atoms with Crippen LogP contribution in [0.1, 0.15) is 60.3 Å². The van der Waals surface area contributed by atoms with Crippen molar-refractivity contribution in [1.82, 2.24) is 10.2 Å². The molecular weight excluding hydrogens is 252 g/mol. The largest absolute Gasteiger partial charge is 0.444 e. The molecule has 1 rings (SSSR count). The third-order valence-corrected chi connectivity index (χ3v) is 3.53. The summed E-state index contributed by atoms with van der Waals surface area (Å²) in [5, 5.41) is 3.62. The normalized spacial score (nSPS) is 20.9. The van der Waals surface area contributed by atoms with Crippen LogP contribution in [0.25, 0.3) is 0 Å². The third-order valence-electron chi connectivity index (χ3n) is 3.53. The third kappa shape index (κ3) is 7.13. The van der Waals surface area contributed by atoms with Crippen molar-refractivity contribution in [3.63, 3.8) is 0 Å². The Labute approximate surface area is 124 Å². The molecule has 1 aliphatic heterocycles. The van der Waals surface area contributed by atoms with Gasteiger partial charge in [-0.1, -0.05) is 13.8 Å². The van der Waals surface area contributed by atoms with E-state index in [1.807, 2.05) is 25.7 Å². The second-order valence-corrected chi connectivity index (χ2v) is 7.23. The quantitative estimate of drug-likeness (QED) is 0.860. The number of nitrogens with one attached hydrogen (secondary N) is 1. The van der Waals surface area contributed by atoms with Gasteiger partial charge >= 0.3 is 6.09 Å². The van der Waals surface area contributed by atoms with Crippen molar-refractivity contribution in [3.8, 4) is 0 Å². The summed E-state index contributed by atoms with van der Waals surface area (Å²) in [6, 6.07) is 0.543. The molecule has 1 amide bonds. The second-order valence-electron chi connectivity index (χ2n) is 7.23. The lowest BCUT2D eigenvalue weighted by atomic mass is 10.1. The van der Waals surface area contributed by atoms with E-state index in [0.717, 1.165) is 44.8 Å². The maximum Gasteiger partial charge on any atom is 0.410 e. The molecular formula is C16H32N2O2. The number of carbonyl (C=O) groups is 1. The van der Waals surface area contributed by atoms with Gasteiger partial charge in [0.15, 0.2) is 0 Å². The minimum Gasteiger partial charge on any atom is -0.444 e. The molecule has 1 saturated heterocycles. The van der Waals surface area contributed by atoms with E-state index in [0.29, 0.717) is 6.04 Å². The summed E-state index contributed by atoms with van der Waals surface area (Å²) >= 11 is 0. The van der Waals surface area contributed by atoms with Crippen molar-refractivity contribution in [3.05, 3.63) is 0 Å². The molecule has 4 nitrogen and oxygen atoms in total. The summed E-state index contributed by atoms with van der Waals surface area (Å²) in [6.07, 6.45) is 4.28. The van der Waals surface area contributed by atoms with Gasteiger partial charge in [-0.15, -0.1) is 0 Å². The van der Waals surface area contributed by atoms with E-state index >= 15 is 0 Å². The first-order valence-corrected chi connectivity index (χ1v) is 7.99. The van der Waals surface area contributed by atoms with Crippen LogP contribution in [0.4, 0.5) is 4.79 Å². The molecule has 0 radical (unpaired) electrons. The molecule has 0 saturated carbocycles. The molecule has 0 aromatic rings. The lowest BCUT2D eigenvalue weighted by molar-refractivity contribution is 0.0256. The Morgan fingerprint density at radius 3 is 2.60 bits per heavy atom. The second kappa shape index (κ2) is 7.87. The van der Waals surface area contributed by atoms with Crippen LogP contribution in [0.5, 0.6) is 0 Å². The van der Waals surface area contributed by atoms with Crippen LogP contribution >= 0.6 is 0 Å². The Hall–Kier alpha value is -0.770. The molecule has 4 heteroatoms. The van der Waals surface area contributed by atoms with Crippen molar-refractivity contribution in [2.24, 2.45) is 5.92 Å². The van der Waals surface area contributed by atoms with Crippen molar-refractivity contribution in [1.29, 1.82) is 0 Å². The fourth-order valence-corrected chi connectivity index (χ4v) is 2.39. The Morgan fingerprint density at radius 1 is 1.30 bits per heavy atom. The van der Waals surface area contributed by atoms with Gasteiger partial charge in [0.1, 0.15) is 5.60 Å². The minimum atomic E-state index is -0.404. The number of likely N-dealkylation sites (tertiary alicyclic amines) is 1. The molecule has 1 N–H and O–H groups in total. The first-order chi connectivity index (χ1) is 9.28. The van der Waals surface area contributed by atoms with Crippen molar-refractivity contribution in [2.45, 2.75) is 71.9 Å². The number of carbonyl (C=O) groups excluding carboxylic acids is 1. The van der Waals surface area contributed by atoms with Gasteiger partial charge in [0.2, 0.25) is 0 Å². The van der Waals surface area contributed by atoms with Crippen molar-refractivity contribution < 1.29 is 9.53 Å². The van der Waals surface area contributed by atoms with Crippen LogP contribution in [-0.4, -0.2) is 42.3 Å². The number of hydrogen-bond acceptors (Lipinski definition) is 3. The van der Waals surface area contributed by atoms with E-state index in [1.165, 1.54) is 6.42 Å². The lowest BCUT2D eigenvalue weighted by Gasteiger charge is -2.26. The highest BCUT2D eigenvalue weighted by Gasteiger charge is 2.24. The van der Waals surface area contributed by atoms with E-state index in [-0.39, 0.29) is 6.09 Å². The molecule has 0 spiro atoms. The molecule has 0 aliphatic carbocycles. The van der Waals surface area contributed by atoms with Crippen LogP contribution in [0.2, 0.25) is 0 Å². The molecule has 20 heavy (non-hydrogen) atoms. The molecule has 1 fully saturated rings. The summed E-state index contributed by atoms with van der Waals surface area (Å²) in [5.41, 5.74) is -0.404. The Bertz CT molecular complexity index is 297. The predicted molar refractivity (Wildman–Crippen MR) is 82.9 cm³/mol. The summed E-state index contributed by atoms with van der Waals surface area (Å²) in [6.45, 7) is 12.9. The van der Waals surface area contributed by atoms with Crippen molar-refractivity contribution >= 4 is 6.09 Å². The molecule has 0 bridgehead atoms. The van der Waals surface area contributed by atoms with Gasteiger partial charge in [-0.2, -0.15) is 0 Å². The zero-order valence-corrected chi connectivity index (χ0v) is 13.9. The summed E-state index contributed by atoms with van der Waals surface area (Å²) in [5.74, 6) is 0.742. The smallest absolute Gasteiger partial charge is 0.410 e. The van der Waals surface area contributed by atoms with Gasteiger partial charge in [-0.05, 0) is 58.9 Å². The molecule has 1 aliphatic rings. The summed E-state index contributed by atoms with van der Waals surface area (Å²) in [4.78, 5) is 13.9. The highest BCUT2D eigenvalue weighted by molar-refractivity contribution is 5.68. The van der Waals surface area contributed by atoms with E-state index in [2.05, 4.69) is 19.2 Å². The Kier molecular flexibility index (Phi) is 6.80. The van der Waals surface area contributed by atoms with Crippen LogP contribution in [0, 0.1) is 5.92 Å². The monoisotopic (exact) mass is 284 g/mol.